The van der Waals surface area contributed by atoms with Crippen LogP contribution in [0, 0.1) is 12.0 Å². The number of aromatic amines is 1. The van der Waals surface area contributed by atoms with Crippen LogP contribution in [0.5, 0.6) is 0 Å². The number of imidazole rings is 2. The van der Waals surface area contributed by atoms with E-state index in [4.69, 9.17) is 34.3 Å². The molecule has 248 valence electrons. The summed E-state index contributed by atoms with van der Waals surface area (Å²) in [6.07, 6.45) is -8.72. The fraction of sp³-hybridized carbons (Fsp3) is 0.524. The SMILES string of the molecule is Nc1nc2c(ncn2[C@@H]2C[C@@H]3COP(=O)(O)OC4[C@@H](O)[C@H](n5cnc6c(N)nc(F)nc65)O[C@@H]4COP(=O)(O)O[C@H]2C3O)c(=O)[nH]1. The Morgan fingerprint density at radius 3 is 2.33 bits per heavy atom. The Balaban J connectivity index is 1.21. The summed E-state index contributed by atoms with van der Waals surface area (Å²) in [6.45, 7) is -1.51. The summed E-state index contributed by atoms with van der Waals surface area (Å²) in [6, 6.07) is -1.03. The number of aliphatic hydroxyl groups is 2. The zero-order chi connectivity index (χ0) is 32.7. The van der Waals surface area contributed by atoms with Gasteiger partial charge in [0.25, 0.3) is 5.56 Å². The second kappa shape index (κ2) is 11.1. The minimum absolute atomic E-state index is 0.0271. The van der Waals surface area contributed by atoms with Crippen LogP contribution in [0.1, 0.15) is 18.7 Å². The van der Waals surface area contributed by atoms with E-state index in [-0.39, 0.29) is 40.5 Å². The van der Waals surface area contributed by atoms with E-state index in [0.29, 0.717) is 0 Å². The summed E-state index contributed by atoms with van der Waals surface area (Å²) in [5.41, 5.74) is 10.3. The highest BCUT2D eigenvalue weighted by Gasteiger charge is 2.53. The minimum atomic E-state index is -5.09. The third-order valence-corrected chi connectivity index (χ3v) is 9.89. The van der Waals surface area contributed by atoms with Gasteiger partial charge in [0.1, 0.15) is 24.4 Å². The zero-order valence-corrected chi connectivity index (χ0v) is 24.8. The van der Waals surface area contributed by atoms with Gasteiger partial charge in [0.05, 0.1) is 38.0 Å². The first-order chi connectivity index (χ1) is 21.7. The molecule has 46 heavy (non-hydrogen) atoms. The molecule has 1 aliphatic carbocycles. The average molecular weight is 690 g/mol. The van der Waals surface area contributed by atoms with E-state index >= 15 is 0 Å². The van der Waals surface area contributed by atoms with Crippen molar-refractivity contribution in [3.8, 4) is 0 Å². The number of rotatable bonds is 2. The van der Waals surface area contributed by atoms with Gasteiger partial charge in [-0.3, -0.25) is 32.4 Å². The number of fused-ring (bicyclic) bond motifs is 5. The van der Waals surface area contributed by atoms with Gasteiger partial charge < -0.3 is 40.8 Å². The molecular formula is C21H25FN10O12P2. The predicted octanol–water partition coefficient (Wildman–Crippen LogP) is -1.54. The van der Waals surface area contributed by atoms with Gasteiger partial charge in [-0.15, -0.1) is 0 Å². The molecule has 10 atom stereocenters. The Bertz CT molecular complexity index is 1990. The van der Waals surface area contributed by atoms with E-state index < -0.39 is 89.2 Å². The standard InChI is InChI=1S/C21H25FN10O12P2/c22-20-27-15(23)9-16(28-20)32(5-25-9)19-12(34)14-8(42-19)3-41-46(38,39)43-13-7(1-6(11(13)33)2-40-45(36,37)44-14)31-4-26-10-17(31)29-21(24)30-18(10)35/h4-8,11-14,19,33-34H,1-3H2,(H,36,37)(H,38,39)(H2,23,27,28)(H3,24,29,30,35)/t6-,7-,8-,11?,12-,13-,14?,19-/m1/s1. The van der Waals surface area contributed by atoms with Crippen molar-refractivity contribution in [3.05, 3.63) is 29.1 Å². The number of ether oxygens (including phenoxy) is 1. The average Bonchev–Trinajstić information content (AvgIpc) is 3.72. The van der Waals surface area contributed by atoms with Gasteiger partial charge in [-0.1, -0.05) is 0 Å². The quantitative estimate of drug-likeness (QED) is 0.0925. The molecule has 4 aromatic rings. The van der Waals surface area contributed by atoms with Gasteiger partial charge >= 0.3 is 21.7 Å². The Labute approximate surface area is 254 Å². The van der Waals surface area contributed by atoms with E-state index in [2.05, 4.69) is 29.9 Å². The van der Waals surface area contributed by atoms with E-state index in [0.717, 1.165) is 10.9 Å². The molecule has 4 unspecified atom stereocenters. The molecule has 3 aliphatic rings. The van der Waals surface area contributed by atoms with E-state index in [1.54, 1.807) is 0 Å². The number of hydrogen-bond donors (Lipinski definition) is 7. The molecular weight excluding hydrogens is 665 g/mol. The largest absolute Gasteiger partial charge is 0.472 e. The molecule has 6 heterocycles. The van der Waals surface area contributed by atoms with Crippen LogP contribution in [0.2, 0.25) is 0 Å². The lowest BCUT2D eigenvalue weighted by Crippen LogP contribution is -2.36. The number of anilines is 2. The molecule has 0 radical (unpaired) electrons. The van der Waals surface area contributed by atoms with Crippen molar-refractivity contribution >= 4 is 49.7 Å². The monoisotopic (exact) mass is 690 g/mol. The Morgan fingerprint density at radius 1 is 0.913 bits per heavy atom. The van der Waals surface area contributed by atoms with Crippen LogP contribution in [-0.2, 0) is 32.0 Å². The number of nitrogen functional groups attached to an aromatic ring is 2. The topological polar surface area (TPSA) is 320 Å². The summed E-state index contributed by atoms with van der Waals surface area (Å²) >= 11 is 0. The van der Waals surface area contributed by atoms with Crippen LogP contribution in [0.25, 0.3) is 22.3 Å². The lowest BCUT2D eigenvalue weighted by atomic mass is 10.1. The van der Waals surface area contributed by atoms with Gasteiger partial charge in [0, 0.05) is 5.92 Å². The summed E-state index contributed by atoms with van der Waals surface area (Å²) in [4.78, 5) is 55.0. The van der Waals surface area contributed by atoms with Gasteiger partial charge in [-0.2, -0.15) is 19.3 Å². The van der Waals surface area contributed by atoms with Crippen molar-refractivity contribution in [3.63, 3.8) is 0 Å². The maximum absolute atomic E-state index is 14.0. The number of aliphatic hydroxyl groups excluding tert-OH is 2. The molecule has 2 aliphatic heterocycles. The smallest absolute Gasteiger partial charge is 0.390 e. The maximum Gasteiger partial charge on any atom is 0.472 e. The van der Waals surface area contributed by atoms with Gasteiger partial charge in [0.2, 0.25) is 5.95 Å². The number of phosphoric ester groups is 2. The first-order valence-corrected chi connectivity index (χ1v) is 16.4. The number of nitrogens with two attached hydrogens (primary N) is 2. The number of nitrogens with one attached hydrogen (secondary N) is 1. The Morgan fingerprint density at radius 2 is 1.57 bits per heavy atom. The summed E-state index contributed by atoms with van der Waals surface area (Å²) in [5, 5.41) is 22.2. The first-order valence-electron chi connectivity index (χ1n) is 13.4. The van der Waals surface area contributed by atoms with Crippen LogP contribution < -0.4 is 17.0 Å². The van der Waals surface area contributed by atoms with Crippen molar-refractivity contribution in [2.45, 2.75) is 49.2 Å². The molecule has 25 heteroatoms. The zero-order valence-electron chi connectivity index (χ0n) is 23.0. The summed E-state index contributed by atoms with van der Waals surface area (Å²) < 4.78 is 69.5. The van der Waals surface area contributed by atoms with Crippen LogP contribution in [-0.4, -0.2) is 103 Å². The van der Waals surface area contributed by atoms with Crippen molar-refractivity contribution in [1.82, 2.24) is 39.0 Å². The summed E-state index contributed by atoms with van der Waals surface area (Å²) in [7, 11) is -10.1. The van der Waals surface area contributed by atoms with Crippen molar-refractivity contribution in [2.24, 2.45) is 5.92 Å². The van der Waals surface area contributed by atoms with Gasteiger partial charge in [-0.25, -0.2) is 19.1 Å². The maximum atomic E-state index is 14.0. The highest BCUT2D eigenvalue weighted by atomic mass is 31.2. The molecule has 0 aromatic carbocycles. The summed E-state index contributed by atoms with van der Waals surface area (Å²) in [5.74, 6) is -1.57. The number of halogens is 1. The molecule has 22 nitrogen and oxygen atoms in total. The molecule has 9 N–H and O–H groups in total. The van der Waals surface area contributed by atoms with Gasteiger partial charge in [-0.05, 0) is 6.42 Å². The van der Waals surface area contributed by atoms with E-state index in [1.807, 2.05) is 0 Å². The molecule has 0 spiro atoms. The van der Waals surface area contributed by atoms with Crippen molar-refractivity contribution < 1.29 is 56.4 Å². The highest BCUT2D eigenvalue weighted by Crippen LogP contribution is 2.55. The number of phosphoric acid groups is 2. The number of aromatic nitrogens is 8. The molecule has 2 saturated heterocycles. The fourth-order valence-electron chi connectivity index (χ4n) is 5.87. The predicted molar refractivity (Wildman–Crippen MR) is 147 cm³/mol. The molecule has 1 saturated carbocycles. The van der Waals surface area contributed by atoms with Crippen molar-refractivity contribution in [1.29, 1.82) is 0 Å². The first kappa shape index (κ1) is 31.1. The lowest BCUT2D eigenvalue weighted by Gasteiger charge is -2.26. The van der Waals surface area contributed by atoms with Crippen molar-refractivity contribution in [2.75, 3.05) is 24.7 Å². The second-order valence-electron chi connectivity index (χ2n) is 10.8. The van der Waals surface area contributed by atoms with E-state index in [1.165, 1.54) is 10.9 Å². The number of H-pyrrole nitrogens is 1. The molecule has 0 amide bonds. The van der Waals surface area contributed by atoms with Crippen LogP contribution in [0.4, 0.5) is 16.2 Å². The minimum Gasteiger partial charge on any atom is -0.390 e. The normalized spacial score (nSPS) is 37.2. The number of hydrogen-bond acceptors (Lipinski definition) is 17. The lowest BCUT2D eigenvalue weighted by molar-refractivity contribution is -0.0553. The third kappa shape index (κ3) is 5.38. The number of nitrogens with zero attached hydrogens (tertiary/aromatic N) is 7. The molecule has 4 aromatic heterocycles. The van der Waals surface area contributed by atoms with Crippen LogP contribution in [0.15, 0.2) is 17.4 Å². The highest BCUT2D eigenvalue weighted by molar-refractivity contribution is 7.47. The Kier molecular flexibility index (Phi) is 7.49. The fourth-order valence-corrected chi connectivity index (χ4v) is 7.85. The molecule has 2 bridgehead atoms. The third-order valence-electron chi connectivity index (χ3n) is 7.92. The second-order valence-corrected chi connectivity index (χ2v) is 13.6. The Hall–Kier alpha value is -3.47. The van der Waals surface area contributed by atoms with Gasteiger partial charge in [0.15, 0.2) is 34.4 Å². The van der Waals surface area contributed by atoms with Crippen LogP contribution in [0.3, 0.4) is 0 Å². The van der Waals surface area contributed by atoms with Crippen LogP contribution >= 0.6 is 15.6 Å². The molecule has 7 rings (SSSR count). The molecule has 3 fully saturated rings. The van der Waals surface area contributed by atoms with E-state index in [9.17, 15) is 38.3 Å².